The predicted octanol–water partition coefficient (Wildman–Crippen LogP) is 3.53. The summed E-state index contributed by atoms with van der Waals surface area (Å²) in [6.07, 6.45) is 0.310. The maximum Gasteiger partial charge on any atom is 0.339 e. The summed E-state index contributed by atoms with van der Waals surface area (Å²) in [5, 5.41) is 2.85. The Kier molecular flexibility index (Phi) is 7.17. The molecular weight excluding hydrogens is 396 g/mol. The lowest BCUT2D eigenvalue weighted by Crippen LogP contribution is -2.48. The summed E-state index contributed by atoms with van der Waals surface area (Å²) in [5.41, 5.74) is 0.544. The van der Waals surface area contributed by atoms with Gasteiger partial charge in [-0.3, -0.25) is 4.79 Å². The monoisotopic (exact) mass is 426 g/mol. The van der Waals surface area contributed by atoms with Gasteiger partial charge in [0.2, 0.25) is 0 Å². The number of cyclic esters (lactones) is 1. The molecule has 166 valence electrons. The van der Waals surface area contributed by atoms with Gasteiger partial charge < -0.3 is 24.4 Å². The summed E-state index contributed by atoms with van der Waals surface area (Å²) in [6.45, 7) is 9.04. The third-order valence-electron chi connectivity index (χ3n) is 5.54. The number of rotatable bonds is 9. The highest BCUT2D eigenvalue weighted by Gasteiger charge is 2.42. The molecule has 1 atom stereocenters. The molecular formula is C24H30N2O5. The fourth-order valence-electron chi connectivity index (χ4n) is 3.61. The molecule has 1 unspecified atom stereocenters. The van der Waals surface area contributed by atoms with Crippen molar-refractivity contribution in [2.24, 2.45) is 0 Å². The average Bonchev–Trinajstić information content (AvgIpc) is 2.77. The number of benzene rings is 2. The molecule has 1 aliphatic rings. The van der Waals surface area contributed by atoms with Crippen LogP contribution in [0.3, 0.4) is 0 Å². The zero-order valence-corrected chi connectivity index (χ0v) is 18.6. The van der Waals surface area contributed by atoms with Gasteiger partial charge in [0.1, 0.15) is 6.61 Å². The summed E-state index contributed by atoms with van der Waals surface area (Å²) in [5.74, 6) is 0.245. The molecule has 2 aromatic carbocycles. The quantitative estimate of drug-likeness (QED) is 0.618. The molecule has 0 aromatic heterocycles. The molecule has 1 amide bonds. The van der Waals surface area contributed by atoms with Crippen molar-refractivity contribution < 1.29 is 23.8 Å². The van der Waals surface area contributed by atoms with Crippen molar-refractivity contribution in [1.82, 2.24) is 4.90 Å². The van der Waals surface area contributed by atoms with E-state index < -0.39 is 17.5 Å². The van der Waals surface area contributed by atoms with Crippen molar-refractivity contribution in [2.75, 3.05) is 38.7 Å². The number of fused-ring (bicyclic) bond motifs is 1. The fraction of sp³-hybridized carbons (Fsp3) is 0.417. The molecule has 1 heterocycles. The van der Waals surface area contributed by atoms with Crippen LogP contribution >= 0.6 is 0 Å². The molecule has 1 N–H and O–H groups in total. The van der Waals surface area contributed by atoms with Crippen LogP contribution in [-0.2, 0) is 16.0 Å². The molecule has 1 aliphatic heterocycles. The minimum absolute atomic E-state index is 0.310. The molecule has 0 radical (unpaired) electrons. The lowest BCUT2D eigenvalue weighted by atomic mass is 9.89. The molecule has 0 saturated heterocycles. The topological polar surface area (TPSA) is 77.1 Å². The second-order valence-electron chi connectivity index (χ2n) is 7.65. The smallest absolute Gasteiger partial charge is 0.339 e. The van der Waals surface area contributed by atoms with Crippen molar-refractivity contribution in [3.05, 3.63) is 53.6 Å². The van der Waals surface area contributed by atoms with E-state index in [1.165, 1.54) is 0 Å². The Balaban J connectivity index is 1.72. The predicted molar refractivity (Wildman–Crippen MR) is 119 cm³/mol. The van der Waals surface area contributed by atoms with Crippen LogP contribution in [0.15, 0.2) is 42.5 Å². The third kappa shape index (κ3) is 5.17. The first-order chi connectivity index (χ1) is 14.9. The van der Waals surface area contributed by atoms with Crippen molar-refractivity contribution in [3.8, 4) is 11.5 Å². The van der Waals surface area contributed by atoms with Crippen LogP contribution in [0.4, 0.5) is 5.69 Å². The summed E-state index contributed by atoms with van der Waals surface area (Å²) in [6, 6.07) is 12.4. The van der Waals surface area contributed by atoms with Gasteiger partial charge in [0.15, 0.2) is 17.1 Å². The maximum atomic E-state index is 13.0. The number of amides is 1. The van der Waals surface area contributed by atoms with Gasteiger partial charge in [0.05, 0.1) is 12.7 Å². The lowest BCUT2D eigenvalue weighted by Gasteiger charge is -2.33. The highest BCUT2D eigenvalue weighted by Crippen LogP contribution is 2.32. The Labute approximate surface area is 183 Å². The first-order valence-electron chi connectivity index (χ1n) is 10.6. The van der Waals surface area contributed by atoms with Gasteiger partial charge in [-0.05, 0) is 43.8 Å². The molecule has 3 rings (SSSR count). The number of nitrogens with zero attached hydrogens (tertiary/aromatic N) is 1. The second kappa shape index (κ2) is 9.83. The molecule has 31 heavy (non-hydrogen) atoms. The Morgan fingerprint density at radius 3 is 2.61 bits per heavy atom. The number of hydrogen-bond acceptors (Lipinski definition) is 6. The first-order valence-corrected chi connectivity index (χ1v) is 10.6. The fourth-order valence-corrected chi connectivity index (χ4v) is 3.61. The highest BCUT2D eigenvalue weighted by molar-refractivity contribution is 6.02. The SMILES string of the molecule is CCN(CC)CCOc1cc(NC(=O)C2(C)Cc3ccccc3C(=O)O2)ccc1OC. The van der Waals surface area contributed by atoms with Gasteiger partial charge in [-0.15, -0.1) is 0 Å². The van der Waals surface area contributed by atoms with Crippen LogP contribution < -0.4 is 14.8 Å². The van der Waals surface area contributed by atoms with Crippen LogP contribution in [0.2, 0.25) is 0 Å². The van der Waals surface area contributed by atoms with E-state index in [1.807, 2.05) is 12.1 Å². The van der Waals surface area contributed by atoms with E-state index in [1.54, 1.807) is 44.4 Å². The number of likely N-dealkylation sites (N-methyl/N-ethyl adjacent to an activating group) is 1. The summed E-state index contributed by atoms with van der Waals surface area (Å²) >= 11 is 0. The van der Waals surface area contributed by atoms with Crippen molar-refractivity contribution in [1.29, 1.82) is 0 Å². The zero-order chi connectivity index (χ0) is 22.4. The number of hydrogen-bond donors (Lipinski definition) is 1. The average molecular weight is 427 g/mol. The van der Waals surface area contributed by atoms with Crippen LogP contribution in [0.25, 0.3) is 0 Å². The molecule has 0 aliphatic carbocycles. The number of anilines is 1. The van der Waals surface area contributed by atoms with E-state index in [-0.39, 0.29) is 0 Å². The Hall–Kier alpha value is -3.06. The van der Waals surface area contributed by atoms with Crippen molar-refractivity contribution in [3.63, 3.8) is 0 Å². The second-order valence-corrected chi connectivity index (χ2v) is 7.65. The molecule has 0 bridgehead atoms. The molecule has 2 aromatic rings. The van der Waals surface area contributed by atoms with E-state index in [4.69, 9.17) is 14.2 Å². The van der Waals surface area contributed by atoms with Gasteiger partial charge in [-0.2, -0.15) is 0 Å². The lowest BCUT2D eigenvalue weighted by molar-refractivity contribution is -0.134. The van der Waals surface area contributed by atoms with Crippen LogP contribution in [-0.4, -0.2) is 55.7 Å². The number of methoxy groups -OCH3 is 1. The van der Waals surface area contributed by atoms with Gasteiger partial charge >= 0.3 is 5.97 Å². The maximum absolute atomic E-state index is 13.0. The normalized spacial score (nSPS) is 17.6. The molecule has 0 spiro atoms. The number of ether oxygens (including phenoxy) is 3. The van der Waals surface area contributed by atoms with E-state index in [0.717, 1.165) is 25.2 Å². The summed E-state index contributed by atoms with van der Waals surface area (Å²) in [4.78, 5) is 27.7. The number of carbonyl (C=O) groups excluding carboxylic acids is 2. The number of carbonyl (C=O) groups is 2. The van der Waals surface area contributed by atoms with Crippen LogP contribution in [0, 0.1) is 0 Å². The van der Waals surface area contributed by atoms with Crippen molar-refractivity contribution in [2.45, 2.75) is 32.8 Å². The van der Waals surface area contributed by atoms with E-state index in [2.05, 4.69) is 24.1 Å². The van der Waals surface area contributed by atoms with Crippen LogP contribution in [0.1, 0.15) is 36.7 Å². The van der Waals surface area contributed by atoms with Gasteiger partial charge in [0.25, 0.3) is 5.91 Å². The number of nitrogens with one attached hydrogen (secondary N) is 1. The van der Waals surface area contributed by atoms with E-state index in [9.17, 15) is 9.59 Å². The summed E-state index contributed by atoms with van der Waals surface area (Å²) < 4.78 is 16.8. The third-order valence-corrected chi connectivity index (χ3v) is 5.54. The largest absolute Gasteiger partial charge is 0.493 e. The molecule has 7 heteroatoms. The summed E-state index contributed by atoms with van der Waals surface area (Å²) in [7, 11) is 1.57. The minimum atomic E-state index is -1.30. The minimum Gasteiger partial charge on any atom is -0.493 e. The van der Waals surface area contributed by atoms with Crippen molar-refractivity contribution >= 4 is 17.6 Å². The Morgan fingerprint density at radius 2 is 1.90 bits per heavy atom. The molecule has 7 nitrogen and oxygen atoms in total. The first kappa shape index (κ1) is 22.6. The van der Waals surface area contributed by atoms with Crippen LogP contribution in [0.5, 0.6) is 11.5 Å². The van der Waals surface area contributed by atoms with E-state index in [0.29, 0.717) is 35.8 Å². The number of esters is 1. The van der Waals surface area contributed by atoms with Gasteiger partial charge in [-0.25, -0.2) is 4.79 Å². The van der Waals surface area contributed by atoms with E-state index >= 15 is 0 Å². The van der Waals surface area contributed by atoms with Gasteiger partial charge in [-0.1, -0.05) is 32.0 Å². The highest BCUT2D eigenvalue weighted by atomic mass is 16.6. The Morgan fingerprint density at radius 1 is 1.16 bits per heavy atom. The Bertz CT molecular complexity index is 941. The molecule has 0 saturated carbocycles. The van der Waals surface area contributed by atoms with Gasteiger partial charge in [0, 0.05) is 24.7 Å². The molecule has 0 fully saturated rings. The zero-order valence-electron chi connectivity index (χ0n) is 18.6. The standard InChI is InChI=1S/C24H30N2O5/c1-5-26(6-2)13-14-30-21-15-18(11-12-20(21)29-4)25-23(28)24(3)16-17-9-7-8-10-19(17)22(27)31-24/h7-12,15H,5-6,13-14,16H2,1-4H3,(H,25,28).